The van der Waals surface area contributed by atoms with Gasteiger partial charge in [0.1, 0.15) is 5.75 Å². The molecule has 0 saturated carbocycles. The van der Waals surface area contributed by atoms with E-state index < -0.39 is 16.3 Å². The highest BCUT2D eigenvalue weighted by Gasteiger charge is 2.30. The van der Waals surface area contributed by atoms with Gasteiger partial charge >= 0.3 is 0 Å². The van der Waals surface area contributed by atoms with Crippen molar-refractivity contribution in [2.45, 2.75) is 23.5 Å². The number of likely N-dealkylation sites (N-methyl/N-ethyl adjacent to an activating group) is 1. The molecule has 2 aromatic rings. The highest BCUT2D eigenvalue weighted by molar-refractivity contribution is 7.89. The van der Waals surface area contributed by atoms with Crippen LogP contribution in [-0.4, -0.2) is 82.4 Å². The molecular formula is C27H32N2O7S. The van der Waals surface area contributed by atoms with E-state index in [2.05, 4.69) is 5.92 Å². The lowest BCUT2D eigenvalue weighted by atomic mass is 9.92. The Morgan fingerprint density at radius 1 is 1.14 bits per heavy atom. The molecule has 0 radical (unpaired) electrons. The number of methoxy groups -OCH3 is 1. The SMILES string of the molecule is C#Cc1ccc([C@@H]2C=C(C(=O)N(C)C)O[C@H](OCCN(CCO)S(=O)(=O)c3ccc(OC)cc3)C2)cc1. The van der Waals surface area contributed by atoms with Crippen LogP contribution in [0.25, 0.3) is 0 Å². The molecule has 2 atom stereocenters. The summed E-state index contributed by atoms with van der Waals surface area (Å²) in [6.45, 7) is -0.476. The molecule has 1 heterocycles. The summed E-state index contributed by atoms with van der Waals surface area (Å²) in [5.41, 5.74) is 1.70. The zero-order chi connectivity index (χ0) is 27.0. The van der Waals surface area contributed by atoms with Gasteiger partial charge in [-0.15, -0.1) is 6.42 Å². The number of sulfonamides is 1. The number of amides is 1. The van der Waals surface area contributed by atoms with Crippen molar-refractivity contribution in [3.8, 4) is 18.1 Å². The normalized spacial score (nSPS) is 17.5. The lowest BCUT2D eigenvalue weighted by Gasteiger charge is -2.31. The fourth-order valence-electron chi connectivity index (χ4n) is 3.84. The van der Waals surface area contributed by atoms with Crippen molar-refractivity contribution in [2.75, 3.05) is 47.5 Å². The molecular weight excluding hydrogens is 496 g/mol. The van der Waals surface area contributed by atoms with Crippen LogP contribution >= 0.6 is 0 Å². The molecule has 0 aliphatic carbocycles. The van der Waals surface area contributed by atoms with Crippen LogP contribution in [0.4, 0.5) is 0 Å². The van der Waals surface area contributed by atoms with Gasteiger partial charge in [-0.2, -0.15) is 4.31 Å². The Morgan fingerprint density at radius 3 is 2.38 bits per heavy atom. The molecule has 1 N–H and O–H groups in total. The molecule has 0 saturated heterocycles. The number of hydrogen-bond donors (Lipinski definition) is 1. The highest BCUT2D eigenvalue weighted by Crippen LogP contribution is 2.32. The smallest absolute Gasteiger partial charge is 0.288 e. The summed E-state index contributed by atoms with van der Waals surface area (Å²) in [7, 11) is 0.877. The lowest BCUT2D eigenvalue weighted by molar-refractivity contribution is -0.151. The first kappa shape index (κ1) is 28.2. The second-order valence-corrected chi connectivity index (χ2v) is 10.5. The van der Waals surface area contributed by atoms with Crippen LogP contribution < -0.4 is 4.74 Å². The number of nitrogens with zero attached hydrogens (tertiary/aromatic N) is 2. The molecule has 1 amide bonds. The summed E-state index contributed by atoms with van der Waals surface area (Å²) < 4.78 is 44.2. The van der Waals surface area contributed by atoms with Gasteiger partial charge in [0, 0.05) is 45.1 Å². The molecule has 9 nitrogen and oxygen atoms in total. The van der Waals surface area contributed by atoms with Crippen LogP contribution in [0.15, 0.2) is 65.3 Å². The maximum absolute atomic E-state index is 13.1. The Bertz CT molecular complexity index is 1230. The summed E-state index contributed by atoms with van der Waals surface area (Å²) in [6.07, 6.45) is 6.86. The van der Waals surface area contributed by atoms with Gasteiger partial charge in [-0.05, 0) is 48.0 Å². The number of rotatable bonds is 11. The average Bonchev–Trinajstić information content (AvgIpc) is 2.92. The van der Waals surface area contributed by atoms with Crippen LogP contribution in [0.2, 0.25) is 0 Å². The van der Waals surface area contributed by atoms with E-state index in [1.54, 1.807) is 32.3 Å². The van der Waals surface area contributed by atoms with Crippen molar-refractivity contribution in [1.29, 1.82) is 0 Å². The minimum atomic E-state index is -3.88. The van der Waals surface area contributed by atoms with Crippen molar-refractivity contribution in [2.24, 2.45) is 0 Å². The first-order valence-electron chi connectivity index (χ1n) is 11.7. The van der Waals surface area contributed by atoms with Gasteiger partial charge < -0.3 is 24.2 Å². The number of terminal acetylenes is 1. The number of ether oxygens (including phenoxy) is 3. The van der Waals surface area contributed by atoms with Crippen molar-refractivity contribution in [3.05, 3.63) is 71.5 Å². The van der Waals surface area contributed by atoms with Gasteiger partial charge in [0.15, 0.2) is 5.76 Å². The zero-order valence-corrected chi connectivity index (χ0v) is 22.0. The molecule has 0 unspecified atom stereocenters. The Kier molecular flexibility index (Phi) is 9.72. The summed E-state index contributed by atoms with van der Waals surface area (Å²) in [5.74, 6) is 2.80. The molecule has 0 aromatic heterocycles. The Balaban J connectivity index is 1.72. The molecule has 0 bridgehead atoms. The molecule has 0 fully saturated rings. The van der Waals surface area contributed by atoms with Crippen LogP contribution in [-0.2, 0) is 24.3 Å². The Morgan fingerprint density at radius 2 is 1.81 bits per heavy atom. The monoisotopic (exact) mass is 528 g/mol. The molecule has 1 aliphatic heterocycles. The average molecular weight is 529 g/mol. The number of aliphatic hydroxyl groups excluding tert-OH is 1. The first-order chi connectivity index (χ1) is 17.7. The predicted octanol–water partition coefficient (Wildman–Crippen LogP) is 2.18. The number of hydrogen-bond acceptors (Lipinski definition) is 7. The van der Waals surface area contributed by atoms with Crippen molar-refractivity contribution >= 4 is 15.9 Å². The zero-order valence-electron chi connectivity index (χ0n) is 21.2. The van der Waals surface area contributed by atoms with Gasteiger partial charge in [-0.1, -0.05) is 18.1 Å². The number of benzene rings is 2. The van der Waals surface area contributed by atoms with E-state index in [0.717, 1.165) is 15.4 Å². The molecule has 0 spiro atoms. The second kappa shape index (κ2) is 12.7. The summed E-state index contributed by atoms with van der Waals surface area (Å²) in [4.78, 5) is 14.1. The summed E-state index contributed by atoms with van der Waals surface area (Å²) in [5, 5.41) is 9.47. The van der Waals surface area contributed by atoms with Crippen LogP contribution in [0, 0.1) is 12.3 Å². The summed E-state index contributed by atoms with van der Waals surface area (Å²) in [6, 6.07) is 13.5. The van der Waals surface area contributed by atoms with Crippen molar-refractivity contribution < 1.29 is 32.5 Å². The van der Waals surface area contributed by atoms with Crippen LogP contribution in [0.1, 0.15) is 23.5 Å². The van der Waals surface area contributed by atoms with E-state index in [1.165, 1.54) is 24.1 Å². The molecule has 2 aromatic carbocycles. The highest BCUT2D eigenvalue weighted by atomic mass is 32.2. The van der Waals surface area contributed by atoms with Gasteiger partial charge in [0.05, 0.1) is 25.2 Å². The van der Waals surface area contributed by atoms with Gasteiger partial charge in [-0.3, -0.25) is 4.79 Å². The second-order valence-electron chi connectivity index (χ2n) is 8.56. The molecule has 1 aliphatic rings. The third kappa shape index (κ3) is 7.11. The Labute approximate surface area is 218 Å². The van der Waals surface area contributed by atoms with E-state index >= 15 is 0 Å². The third-order valence-electron chi connectivity index (χ3n) is 5.87. The van der Waals surface area contributed by atoms with E-state index in [4.69, 9.17) is 20.6 Å². The maximum Gasteiger partial charge on any atom is 0.288 e. The maximum atomic E-state index is 13.1. The third-order valence-corrected chi connectivity index (χ3v) is 7.78. The van der Waals surface area contributed by atoms with Gasteiger partial charge in [0.25, 0.3) is 5.91 Å². The van der Waals surface area contributed by atoms with Crippen molar-refractivity contribution in [3.63, 3.8) is 0 Å². The lowest BCUT2D eigenvalue weighted by Crippen LogP contribution is -2.38. The van der Waals surface area contributed by atoms with Crippen LogP contribution in [0.3, 0.4) is 0 Å². The molecule has 198 valence electrons. The van der Waals surface area contributed by atoms with Crippen LogP contribution in [0.5, 0.6) is 5.75 Å². The van der Waals surface area contributed by atoms with Crippen molar-refractivity contribution in [1.82, 2.24) is 9.21 Å². The quantitative estimate of drug-likeness (QED) is 0.446. The fraction of sp³-hybridized carbons (Fsp3) is 0.370. The number of allylic oxidation sites excluding steroid dienone is 1. The minimum absolute atomic E-state index is 0.00770. The first-order valence-corrected chi connectivity index (χ1v) is 13.2. The molecule has 3 rings (SSSR count). The number of carbonyl (C=O) groups excluding carboxylic acids is 1. The largest absolute Gasteiger partial charge is 0.497 e. The Hall–Kier alpha value is -3.36. The summed E-state index contributed by atoms with van der Waals surface area (Å²) >= 11 is 0. The van der Waals surface area contributed by atoms with E-state index in [1.807, 2.05) is 24.3 Å². The van der Waals surface area contributed by atoms with E-state index in [0.29, 0.717) is 12.2 Å². The van der Waals surface area contributed by atoms with E-state index in [-0.39, 0.29) is 48.8 Å². The topological polar surface area (TPSA) is 106 Å². The number of carbonyl (C=O) groups is 1. The number of aliphatic hydroxyl groups is 1. The molecule has 10 heteroatoms. The standard InChI is InChI=1S/C27H32N2O7S/c1-5-20-6-8-21(9-7-20)22-18-25(27(31)28(2)3)36-26(19-22)35-17-15-29(14-16-30)37(32,33)24-12-10-23(34-4)11-13-24/h1,6-13,18,22,26,30H,14-17,19H2,2-4H3/t22-,26+/m1/s1. The van der Waals surface area contributed by atoms with E-state index in [9.17, 15) is 18.3 Å². The predicted molar refractivity (Wildman–Crippen MR) is 138 cm³/mol. The fourth-order valence-corrected chi connectivity index (χ4v) is 5.25. The van der Waals surface area contributed by atoms with Gasteiger partial charge in [-0.25, -0.2) is 8.42 Å². The van der Waals surface area contributed by atoms with Gasteiger partial charge in [0.2, 0.25) is 16.3 Å². The molecule has 37 heavy (non-hydrogen) atoms. The minimum Gasteiger partial charge on any atom is -0.497 e.